The molecule has 1 unspecified atom stereocenters. The van der Waals surface area contributed by atoms with E-state index < -0.39 is 0 Å². The molecule has 22 heavy (non-hydrogen) atoms. The fourth-order valence-corrected chi connectivity index (χ4v) is 4.72. The van der Waals surface area contributed by atoms with Gasteiger partial charge in [0, 0.05) is 25.3 Å². The number of hydrogen-bond donors (Lipinski definition) is 1. The molecular formula is C15H21IN6. The first-order valence-corrected chi connectivity index (χ1v) is 9.03. The molecule has 0 amide bonds. The van der Waals surface area contributed by atoms with Crippen molar-refractivity contribution < 1.29 is 0 Å². The minimum absolute atomic E-state index is 0.353. The lowest BCUT2D eigenvalue weighted by Crippen LogP contribution is -2.49. The zero-order valence-corrected chi connectivity index (χ0v) is 14.9. The maximum absolute atomic E-state index is 6.51. The molecule has 1 aliphatic heterocycles. The van der Waals surface area contributed by atoms with Crippen molar-refractivity contribution >= 4 is 34.2 Å². The van der Waals surface area contributed by atoms with E-state index in [1.165, 1.54) is 12.8 Å². The van der Waals surface area contributed by atoms with Gasteiger partial charge < -0.3 is 10.6 Å². The number of fused-ring (bicyclic) bond motifs is 1. The number of aromatic nitrogens is 4. The first-order chi connectivity index (χ1) is 10.6. The fraction of sp³-hybridized carbons (Fsp3) is 0.667. The van der Waals surface area contributed by atoms with E-state index in [0.29, 0.717) is 17.4 Å². The van der Waals surface area contributed by atoms with Crippen molar-refractivity contribution in [1.29, 1.82) is 0 Å². The van der Waals surface area contributed by atoms with Crippen LogP contribution in [0.3, 0.4) is 0 Å². The lowest BCUT2D eigenvalue weighted by atomic mass is 9.73. The summed E-state index contributed by atoms with van der Waals surface area (Å²) in [6.07, 6.45) is 8.52. The number of nitrogens with zero attached hydrogens (tertiary/aromatic N) is 5. The number of piperidine rings is 1. The minimum atomic E-state index is 0.353. The second-order valence-electron chi connectivity index (χ2n) is 6.82. The Kier molecular flexibility index (Phi) is 3.52. The van der Waals surface area contributed by atoms with Gasteiger partial charge in [0.15, 0.2) is 5.65 Å². The van der Waals surface area contributed by atoms with Gasteiger partial charge in [0.05, 0.1) is 3.57 Å². The predicted molar refractivity (Wildman–Crippen MR) is 93.8 cm³/mol. The third-order valence-electron chi connectivity index (χ3n) is 5.73. The van der Waals surface area contributed by atoms with Crippen LogP contribution in [0.5, 0.6) is 0 Å². The van der Waals surface area contributed by atoms with E-state index in [1.807, 2.05) is 10.6 Å². The monoisotopic (exact) mass is 412 g/mol. The predicted octanol–water partition coefficient (Wildman–Crippen LogP) is 2.07. The van der Waals surface area contributed by atoms with E-state index in [4.69, 9.17) is 5.73 Å². The SMILES string of the molecule is CC1CCC2(CCN(c3ncc(I)c4nncn34)CC2)[C@@H]1N. The van der Waals surface area contributed by atoms with Crippen LogP contribution in [0, 0.1) is 14.9 Å². The van der Waals surface area contributed by atoms with Crippen molar-refractivity contribution in [3.63, 3.8) is 0 Å². The maximum Gasteiger partial charge on any atom is 0.212 e. The van der Waals surface area contributed by atoms with E-state index in [2.05, 4.69) is 49.6 Å². The molecule has 7 heteroatoms. The van der Waals surface area contributed by atoms with Crippen LogP contribution in [0.1, 0.15) is 32.6 Å². The van der Waals surface area contributed by atoms with Gasteiger partial charge in [0.25, 0.3) is 0 Å². The summed E-state index contributed by atoms with van der Waals surface area (Å²) in [5.41, 5.74) is 7.74. The van der Waals surface area contributed by atoms with E-state index in [9.17, 15) is 0 Å². The Bertz CT molecular complexity index is 690. The highest BCUT2D eigenvalue weighted by molar-refractivity contribution is 14.1. The third-order valence-corrected chi connectivity index (χ3v) is 6.49. The summed E-state index contributed by atoms with van der Waals surface area (Å²) >= 11 is 2.25. The van der Waals surface area contributed by atoms with Crippen molar-refractivity contribution in [3.05, 3.63) is 16.1 Å². The molecule has 2 N–H and O–H groups in total. The van der Waals surface area contributed by atoms with Gasteiger partial charge in [-0.25, -0.2) is 4.98 Å². The lowest BCUT2D eigenvalue weighted by Gasteiger charge is -2.43. The summed E-state index contributed by atoms with van der Waals surface area (Å²) in [5.74, 6) is 1.61. The quantitative estimate of drug-likeness (QED) is 0.727. The van der Waals surface area contributed by atoms with Gasteiger partial charge >= 0.3 is 0 Å². The number of nitrogens with two attached hydrogens (primary N) is 1. The van der Waals surface area contributed by atoms with Gasteiger partial charge in [-0.05, 0) is 59.6 Å². The number of anilines is 1. The van der Waals surface area contributed by atoms with Gasteiger partial charge in [-0.2, -0.15) is 0 Å². The Morgan fingerprint density at radius 1 is 1.32 bits per heavy atom. The molecule has 2 atom stereocenters. The molecule has 1 saturated heterocycles. The number of hydrogen-bond acceptors (Lipinski definition) is 5. The van der Waals surface area contributed by atoms with Crippen LogP contribution < -0.4 is 10.6 Å². The molecule has 0 aromatic carbocycles. The molecule has 1 spiro atoms. The molecule has 1 saturated carbocycles. The zero-order valence-electron chi connectivity index (χ0n) is 12.7. The zero-order chi connectivity index (χ0) is 15.3. The summed E-state index contributed by atoms with van der Waals surface area (Å²) in [4.78, 5) is 6.98. The molecule has 118 valence electrons. The van der Waals surface area contributed by atoms with Crippen LogP contribution in [0.2, 0.25) is 0 Å². The van der Waals surface area contributed by atoms with E-state index in [0.717, 1.165) is 41.1 Å². The van der Waals surface area contributed by atoms with Gasteiger partial charge in [-0.3, -0.25) is 4.40 Å². The van der Waals surface area contributed by atoms with Gasteiger partial charge in [0.2, 0.25) is 5.95 Å². The molecule has 0 radical (unpaired) electrons. The molecular weight excluding hydrogens is 391 g/mol. The van der Waals surface area contributed by atoms with Crippen LogP contribution in [0.25, 0.3) is 5.65 Å². The van der Waals surface area contributed by atoms with Crippen molar-refractivity contribution in [2.24, 2.45) is 17.1 Å². The number of halogens is 1. The summed E-state index contributed by atoms with van der Waals surface area (Å²) in [6, 6.07) is 0.356. The first kappa shape index (κ1) is 14.6. The highest BCUT2D eigenvalue weighted by Crippen LogP contribution is 2.48. The van der Waals surface area contributed by atoms with Crippen LogP contribution in [0.4, 0.5) is 5.95 Å². The third kappa shape index (κ3) is 2.12. The molecule has 0 bridgehead atoms. The summed E-state index contributed by atoms with van der Waals surface area (Å²) < 4.78 is 3.02. The first-order valence-electron chi connectivity index (χ1n) is 7.95. The van der Waals surface area contributed by atoms with Crippen molar-refractivity contribution in [2.75, 3.05) is 18.0 Å². The Hall–Kier alpha value is -0.960. The largest absolute Gasteiger partial charge is 0.342 e. The summed E-state index contributed by atoms with van der Waals surface area (Å²) in [7, 11) is 0. The van der Waals surface area contributed by atoms with Crippen molar-refractivity contribution in [1.82, 2.24) is 19.6 Å². The average molecular weight is 412 g/mol. The topological polar surface area (TPSA) is 72.3 Å². The standard InChI is InChI=1S/C15H21IN6/c1-10-2-3-15(12(10)17)4-6-21(7-5-15)14-18-8-11(16)13-20-19-9-22(13)14/h8-10,12H,2-7,17H2,1H3/t10?,12-/m1/s1. The second kappa shape index (κ2) is 5.30. The molecule has 2 aromatic heterocycles. The molecule has 2 aromatic rings. The molecule has 2 aliphatic rings. The van der Waals surface area contributed by atoms with Crippen LogP contribution in [-0.4, -0.2) is 38.7 Å². The van der Waals surface area contributed by atoms with Crippen LogP contribution >= 0.6 is 22.6 Å². The van der Waals surface area contributed by atoms with Gasteiger partial charge in [0.1, 0.15) is 6.33 Å². The normalized spacial score (nSPS) is 27.9. The average Bonchev–Trinajstić information content (AvgIpc) is 3.12. The second-order valence-corrected chi connectivity index (χ2v) is 7.98. The van der Waals surface area contributed by atoms with Crippen molar-refractivity contribution in [2.45, 2.75) is 38.6 Å². The summed E-state index contributed by atoms with van der Waals surface area (Å²) in [5, 5.41) is 8.22. The molecule has 2 fully saturated rings. The summed E-state index contributed by atoms with van der Waals surface area (Å²) in [6.45, 7) is 4.33. The van der Waals surface area contributed by atoms with Crippen LogP contribution in [0.15, 0.2) is 12.5 Å². The van der Waals surface area contributed by atoms with Crippen molar-refractivity contribution in [3.8, 4) is 0 Å². The Labute approximate surface area is 143 Å². The fourth-order valence-electron chi connectivity index (χ4n) is 4.21. The smallest absolute Gasteiger partial charge is 0.212 e. The Balaban J connectivity index is 1.59. The van der Waals surface area contributed by atoms with Gasteiger partial charge in [-0.1, -0.05) is 6.92 Å². The lowest BCUT2D eigenvalue weighted by molar-refractivity contribution is 0.185. The van der Waals surface area contributed by atoms with Crippen LogP contribution in [-0.2, 0) is 0 Å². The molecule has 4 rings (SSSR count). The van der Waals surface area contributed by atoms with E-state index in [-0.39, 0.29) is 0 Å². The van der Waals surface area contributed by atoms with E-state index in [1.54, 1.807) is 6.33 Å². The highest BCUT2D eigenvalue weighted by Gasteiger charge is 2.46. The van der Waals surface area contributed by atoms with E-state index >= 15 is 0 Å². The van der Waals surface area contributed by atoms with Gasteiger partial charge in [-0.15, -0.1) is 10.2 Å². The minimum Gasteiger partial charge on any atom is -0.342 e. The number of rotatable bonds is 1. The Morgan fingerprint density at radius 2 is 2.09 bits per heavy atom. The Morgan fingerprint density at radius 3 is 2.77 bits per heavy atom. The highest BCUT2D eigenvalue weighted by atomic mass is 127. The molecule has 6 nitrogen and oxygen atoms in total. The molecule has 3 heterocycles. The molecule has 1 aliphatic carbocycles. The maximum atomic E-state index is 6.51.